The minimum Gasteiger partial charge on any atom is -0.369 e. The van der Waals surface area contributed by atoms with E-state index in [1.807, 2.05) is 40.1 Å². The monoisotopic (exact) mass is 278 g/mol. The van der Waals surface area contributed by atoms with Crippen LogP contribution in [-0.4, -0.2) is 17.5 Å². The Hall–Kier alpha value is -1.59. The van der Waals surface area contributed by atoms with E-state index in [1.165, 1.54) is 0 Å². The Labute approximate surface area is 114 Å². The van der Waals surface area contributed by atoms with Gasteiger partial charge in [0.15, 0.2) is 5.96 Å². The van der Waals surface area contributed by atoms with Crippen LogP contribution in [0.15, 0.2) is 40.1 Å². The van der Waals surface area contributed by atoms with E-state index >= 15 is 0 Å². The molecule has 92 valence electrons. The van der Waals surface area contributed by atoms with E-state index in [2.05, 4.69) is 9.98 Å². The van der Waals surface area contributed by atoms with Gasteiger partial charge in [-0.25, -0.2) is 4.98 Å². The fourth-order valence-corrected chi connectivity index (χ4v) is 2.88. The lowest BCUT2D eigenvalue weighted by atomic mass is 10.2. The topological polar surface area (TPSA) is 54.5 Å². The van der Waals surface area contributed by atoms with E-state index in [0.29, 0.717) is 17.5 Å². The number of halogens is 1. The predicted octanol–water partition coefficient (Wildman–Crippen LogP) is 2.67. The lowest BCUT2D eigenvalue weighted by molar-refractivity contribution is 0.746. The summed E-state index contributed by atoms with van der Waals surface area (Å²) in [7, 11) is 0. The van der Waals surface area contributed by atoms with E-state index in [4.69, 9.17) is 17.3 Å². The summed E-state index contributed by atoms with van der Waals surface area (Å²) < 4.78 is 0. The van der Waals surface area contributed by atoms with Gasteiger partial charge in [-0.3, -0.25) is 4.99 Å². The summed E-state index contributed by atoms with van der Waals surface area (Å²) in [5.41, 5.74) is 9.63. The lowest BCUT2D eigenvalue weighted by Crippen LogP contribution is -2.36. The van der Waals surface area contributed by atoms with Gasteiger partial charge in [-0.05, 0) is 12.1 Å². The Morgan fingerprint density at radius 1 is 1.39 bits per heavy atom. The maximum Gasteiger partial charge on any atom is 0.196 e. The number of aromatic nitrogens is 1. The second-order valence-corrected chi connectivity index (χ2v) is 5.08. The highest BCUT2D eigenvalue weighted by molar-refractivity contribution is 7.07. The highest BCUT2D eigenvalue weighted by Gasteiger charge is 2.31. The van der Waals surface area contributed by atoms with Gasteiger partial charge in [0.2, 0.25) is 0 Å². The molecular weight excluding hydrogens is 268 g/mol. The Morgan fingerprint density at radius 2 is 2.22 bits per heavy atom. The molecule has 6 heteroatoms. The van der Waals surface area contributed by atoms with Gasteiger partial charge in [-0.15, -0.1) is 11.3 Å². The van der Waals surface area contributed by atoms with Crippen LogP contribution in [0.1, 0.15) is 11.7 Å². The summed E-state index contributed by atoms with van der Waals surface area (Å²) in [6.45, 7) is 0.612. The number of aliphatic imine (C=N–C) groups is 1. The van der Waals surface area contributed by atoms with Gasteiger partial charge in [-0.1, -0.05) is 23.7 Å². The van der Waals surface area contributed by atoms with Crippen molar-refractivity contribution in [3.63, 3.8) is 0 Å². The summed E-state index contributed by atoms with van der Waals surface area (Å²) >= 11 is 7.79. The number of para-hydroxylation sites is 1. The van der Waals surface area contributed by atoms with Crippen molar-refractivity contribution < 1.29 is 0 Å². The normalized spacial score (nSPS) is 19.1. The molecule has 0 fully saturated rings. The zero-order valence-corrected chi connectivity index (χ0v) is 11.0. The van der Waals surface area contributed by atoms with Crippen molar-refractivity contribution in [1.82, 2.24) is 4.98 Å². The molecule has 3 rings (SSSR count). The molecule has 1 atom stereocenters. The fourth-order valence-electron chi connectivity index (χ4n) is 2.05. The highest BCUT2D eigenvalue weighted by Crippen LogP contribution is 2.34. The first-order valence-electron chi connectivity index (χ1n) is 5.49. The fraction of sp³-hybridized carbons (Fsp3) is 0.167. The van der Waals surface area contributed by atoms with Crippen molar-refractivity contribution in [1.29, 1.82) is 0 Å². The van der Waals surface area contributed by atoms with Crippen molar-refractivity contribution in [3.05, 3.63) is 45.9 Å². The van der Waals surface area contributed by atoms with Crippen molar-refractivity contribution in [2.45, 2.75) is 6.04 Å². The van der Waals surface area contributed by atoms with E-state index in [1.54, 1.807) is 11.3 Å². The van der Waals surface area contributed by atoms with Crippen LogP contribution in [0.5, 0.6) is 0 Å². The number of rotatable bonds is 2. The average molecular weight is 279 g/mol. The van der Waals surface area contributed by atoms with E-state index < -0.39 is 0 Å². The first-order chi connectivity index (χ1) is 8.77. The number of nitrogens with zero attached hydrogens (tertiary/aromatic N) is 3. The predicted molar refractivity (Wildman–Crippen MR) is 75.3 cm³/mol. The average Bonchev–Trinajstić information content (AvgIpc) is 2.99. The number of nitrogens with two attached hydrogens (primary N) is 1. The van der Waals surface area contributed by atoms with E-state index in [-0.39, 0.29) is 6.04 Å². The van der Waals surface area contributed by atoms with Crippen molar-refractivity contribution in [2.24, 2.45) is 10.7 Å². The van der Waals surface area contributed by atoms with Gasteiger partial charge < -0.3 is 10.6 Å². The van der Waals surface area contributed by atoms with Crippen molar-refractivity contribution in [2.75, 3.05) is 11.4 Å². The van der Waals surface area contributed by atoms with Crippen LogP contribution < -0.4 is 10.6 Å². The number of guanidine groups is 1. The van der Waals surface area contributed by atoms with Crippen molar-refractivity contribution in [3.8, 4) is 0 Å². The minimum atomic E-state index is 0.0381. The lowest BCUT2D eigenvalue weighted by Gasteiger charge is -2.25. The number of hydrogen-bond donors (Lipinski definition) is 1. The molecule has 1 aromatic heterocycles. The van der Waals surface area contributed by atoms with E-state index in [9.17, 15) is 0 Å². The van der Waals surface area contributed by atoms with Crippen LogP contribution in [0.2, 0.25) is 5.02 Å². The summed E-state index contributed by atoms with van der Waals surface area (Å²) in [5.74, 6) is 0.487. The zero-order chi connectivity index (χ0) is 12.5. The number of anilines is 1. The maximum absolute atomic E-state index is 6.23. The Morgan fingerprint density at radius 3 is 2.94 bits per heavy atom. The molecule has 0 amide bonds. The third-order valence-electron chi connectivity index (χ3n) is 2.89. The zero-order valence-electron chi connectivity index (χ0n) is 9.45. The van der Waals surface area contributed by atoms with Crippen LogP contribution in [-0.2, 0) is 0 Å². The molecule has 0 aliphatic carbocycles. The molecule has 2 heterocycles. The molecule has 2 N–H and O–H groups in total. The van der Waals surface area contributed by atoms with Gasteiger partial charge in [-0.2, -0.15) is 0 Å². The third-order valence-corrected chi connectivity index (χ3v) is 3.81. The third kappa shape index (κ3) is 1.85. The molecule has 4 nitrogen and oxygen atoms in total. The molecule has 1 aromatic carbocycles. The molecule has 0 spiro atoms. The largest absolute Gasteiger partial charge is 0.369 e. The second-order valence-electron chi connectivity index (χ2n) is 3.95. The van der Waals surface area contributed by atoms with Gasteiger partial charge in [0, 0.05) is 5.38 Å². The molecule has 1 aliphatic rings. The molecule has 18 heavy (non-hydrogen) atoms. The van der Waals surface area contributed by atoms with Gasteiger partial charge in [0.25, 0.3) is 0 Å². The van der Waals surface area contributed by atoms with Crippen LogP contribution in [0.4, 0.5) is 5.69 Å². The van der Waals surface area contributed by atoms with Crippen LogP contribution >= 0.6 is 22.9 Å². The molecule has 0 radical (unpaired) electrons. The summed E-state index contributed by atoms with van der Waals surface area (Å²) in [4.78, 5) is 10.6. The number of benzene rings is 1. The van der Waals surface area contributed by atoms with Gasteiger partial charge in [0.05, 0.1) is 34.5 Å². The SMILES string of the molecule is NC1=NCC(c2cscn2)N1c1ccccc1Cl. The molecular formula is C12H11ClN4S. The van der Waals surface area contributed by atoms with Crippen LogP contribution in [0.25, 0.3) is 0 Å². The van der Waals surface area contributed by atoms with Crippen LogP contribution in [0.3, 0.4) is 0 Å². The van der Waals surface area contributed by atoms with Gasteiger partial charge in [0.1, 0.15) is 0 Å². The molecule has 0 saturated carbocycles. The first-order valence-corrected chi connectivity index (χ1v) is 6.81. The molecule has 0 bridgehead atoms. The number of thiazole rings is 1. The standard InChI is InChI=1S/C12H11ClN4S/c13-8-3-1-2-4-10(8)17-11(5-15-12(17)14)9-6-18-7-16-9/h1-4,6-7,11H,5H2,(H2,14,15). The highest BCUT2D eigenvalue weighted by atomic mass is 35.5. The quantitative estimate of drug-likeness (QED) is 0.919. The second kappa shape index (κ2) is 4.59. The summed E-state index contributed by atoms with van der Waals surface area (Å²) in [6, 6.07) is 7.66. The summed E-state index contributed by atoms with van der Waals surface area (Å²) in [6.07, 6.45) is 0. The maximum atomic E-state index is 6.23. The van der Waals surface area contributed by atoms with Gasteiger partial charge >= 0.3 is 0 Å². The summed E-state index contributed by atoms with van der Waals surface area (Å²) in [5, 5.41) is 2.68. The Bertz CT molecular complexity index is 582. The van der Waals surface area contributed by atoms with E-state index in [0.717, 1.165) is 11.4 Å². The first kappa shape index (κ1) is 11.5. The minimum absolute atomic E-state index is 0.0381. The molecule has 2 aromatic rings. The molecule has 1 unspecified atom stereocenters. The number of hydrogen-bond acceptors (Lipinski definition) is 5. The van der Waals surface area contributed by atoms with Crippen LogP contribution in [0, 0.1) is 0 Å². The Kier molecular flexibility index (Phi) is 2.93. The molecule has 1 aliphatic heterocycles. The van der Waals surface area contributed by atoms with Crippen molar-refractivity contribution >= 4 is 34.6 Å². The molecule has 0 saturated heterocycles. The smallest absolute Gasteiger partial charge is 0.196 e. The Balaban J connectivity index is 2.03.